The molecular weight excluding hydrogens is 92.1 g/mol. The first-order chi connectivity index (χ1) is 3.43. The van der Waals surface area contributed by atoms with Gasteiger partial charge >= 0.3 is 0 Å². The molecule has 1 aromatic rings. The molecule has 0 saturated heterocycles. The molecule has 0 amide bonds. The van der Waals surface area contributed by atoms with Crippen LogP contribution in [0.25, 0.3) is 0 Å². The molecule has 0 N–H and O–H groups in total. The zero-order chi connectivity index (χ0) is 5.11. The summed E-state index contributed by atoms with van der Waals surface area (Å²) < 4.78 is 4.40. The summed E-state index contributed by atoms with van der Waals surface area (Å²) in [5.41, 5.74) is 0. The van der Waals surface area contributed by atoms with Crippen molar-refractivity contribution in [1.82, 2.24) is 10.1 Å². The quantitative estimate of drug-likeness (QED) is 0.510. The molecule has 7 heavy (non-hydrogen) atoms. The lowest BCUT2D eigenvalue weighted by Gasteiger charge is -1.72. The van der Waals surface area contributed by atoms with Crippen LogP contribution < -0.4 is 0 Å². The molecule has 0 saturated carbocycles. The van der Waals surface area contributed by atoms with Gasteiger partial charge in [-0.15, -0.1) is 0 Å². The van der Waals surface area contributed by atoms with E-state index in [9.17, 15) is 0 Å². The molecule has 0 fully saturated rings. The van der Waals surface area contributed by atoms with E-state index >= 15 is 0 Å². The summed E-state index contributed by atoms with van der Waals surface area (Å²) in [5, 5.41) is 3.49. The van der Waals surface area contributed by atoms with Gasteiger partial charge in [0.2, 0.25) is 6.39 Å². The van der Waals surface area contributed by atoms with E-state index in [0.717, 1.165) is 0 Å². The summed E-state index contributed by atoms with van der Waals surface area (Å²) in [4.78, 5) is 3.69. The summed E-state index contributed by atoms with van der Waals surface area (Å²) in [7, 11) is 0. The first-order valence-corrected chi connectivity index (χ1v) is 1.98. The summed E-state index contributed by atoms with van der Waals surface area (Å²) >= 11 is 0. The number of hydrogen-bond acceptors (Lipinski definition) is 3. The molecule has 0 aromatic carbocycles. The lowest BCUT2D eigenvalue weighted by molar-refractivity contribution is 0.411. The van der Waals surface area contributed by atoms with Crippen LogP contribution in [0.1, 0.15) is 5.82 Å². The Kier molecular flexibility index (Phi) is 1.06. The smallest absolute Gasteiger partial charge is 0.213 e. The third-order valence-corrected chi connectivity index (χ3v) is 0.631. The maximum absolute atomic E-state index is 4.40. The second-order valence-electron chi connectivity index (χ2n) is 1.10. The van der Waals surface area contributed by atoms with Crippen LogP contribution in [0.15, 0.2) is 10.9 Å². The van der Waals surface area contributed by atoms with Crippen molar-refractivity contribution in [2.45, 2.75) is 6.42 Å². The number of aromatic nitrogens is 2. The van der Waals surface area contributed by atoms with Crippen LogP contribution in [0.3, 0.4) is 0 Å². The van der Waals surface area contributed by atoms with E-state index in [1.807, 2.05) is 0 Å². The molecule has 3 nitrogen and oxygen atoms in total. The van der Waals surface area contributed by atoms with E-state index in [1.54, 1.807) is 0 Å². The molecule has 0 atom stereocenters. The maximum atomic E-state index is 4.40. The second-order valence-corrected chi connectivity index (χ2v) is 1.10. The molecule has 1 rings (SSSR count). The molecule has 37 valence electrons. The van der Waals surface area contributed by atoms with Gasteiger partial charge in [-0.25, -0.2) is 0 Å². The highest BCUT2D eigenvalue weighted by Crippen LogP contribution is 1.85. The maximum Gasteiger partial charge on any atom is 0.213 e. The number of nitrogens with zero attached hydrogens (tertiary/aromatic N) is 2. The summed E-state index contributed by atoms with van der Waals surface area (Å²) in [6.07, 6.45) is 1.89. The van der Waals surface area contributed by atoms with Gasteiger partial charge in [-0.1, -0.05) is 5.16 Å². The minimum absolute atomic E-state index is 0.594. The van der Waals surface area contributed by atoms with Gasteiger partial charge in [0, 0.05) is 6.42 Å². The van der Waals surface area contributed by atoms with E-state index in [-0.39, 0.29) is 0 Å². The molecule has 0 aliphatic carbocycles. The van der Waals surface area contributed by atoms with Gasteiger partial charge in [-0.3, -0.25) is 0 Å². The van der Waals surface area contributed by atoms with Gasteiger partial charge in [0.05, 0.1) is 0 Å². The highest BCUT2D eigenvalue weighted by molar-refractivity contribution is 4.77. The molecule has 0 bridgehead atoms. The van der Waals surface area contributed by atoms with Crippen molar-refractivity contribution in [2.75, 3.05) is 0 Å². The minimum atomic E-state index is 0.594. The van der Waals surface area contributed by atoms with Crippen molar-refractivity contribution >= 4 is 0 Å². The van der Waals surface area contributed by atoms with Crippen molar-refractivity contribution in [1.29, 1.82) is 0 Å². The highest BCUT2D eigenvalue weighted by atomic mass is 16.5. The highest BCUT2D eigenvalue weighted by Gasteiger charge is 1.88. The van der Waals surface area contributed by atoms with Gasteiger partial charge in [0.25, 0.3) is 0 Å². The lowest BCUT2D eigenvalue weighted by Crippen LogP contribution is -1.79. The van der Waals surface area contributed by atoms with Gasteiger partial charge < -0.3 is 4.52 Å². The van der Waals surface area contributed by atoms with Crippen molar-refractivity contribution in [3.63, 3.8) is 0 Å². The third-order valence-electron chi connectivity index (χ3n) is 0.631. The second kappa shape index (κ2) is 1.73. The Bertz CT molecular complexity index is 124. The predicted molar refractivity (Wildman–Crippen MR) is 23.4 cm³/mol. The zero-order valence-corrected chi connectivity index (χ0v) is 3.79. The number of rotatable bonds is 1. The monoisotopic (exact) mass is 97.0 g/mol. The Morgan fingerprint density at radius 3 is 3.00 bits per heavy atom. The van der Waals surface area contributed by atoms with Crippen LogP contribution in [0, 0.1) is 6.92 Å². The molecule has 1 radical (unpaired) electrons. The van der Waals surface area contributed by atoms with Crippen LogP contribution in [-0.2, 0) is 6.42 Å². The van der Waals surface area contributed by atoms with E-state index in [0.29, 0.717) is 12.2 Å². The van der Waals surface area contributed by atoms with E-state index in [2.05, 4.69) is 21.6 Å². The number of hydrogen-bond donors (Lipinski definition) is 0. The van der Waals surface area contributed by atoms with Crippen molar-refractivity contribution < 1.29 is 4.52 Å². The Balaban J connectivity index is 2.76. The topological polar surface area (TPSA) is 38.9 Å². The normalized spacial score (nSPS) is 9.29. The molecule has 0 unspecified atom stereocenters. The summed E-state index contributed by atoms with van der Waals surface area (Å²) in [5.74, 6) is 0.653. The van der Waals surface area contributed by atoms with E-state index in [1.165, 1.54) is 6.39 Å². The Labute approximate surface area is 41.3 Å². The lowest BCUT2D eigenvalue weighted by atomic mass is 10.5. The standard InChI is InChI=1S/C4H5N2O/c1-2-4-5-3-7-6-4/h3H,1-2H2. The molecule has 1 aromatic heterocycles. The largest absolute Gasteiger partial charge is 0.343 e. The molecule has 0 spiro atoms. The van der Waals surface area contributed by atoms with Crippen molar-refractivity contribution in [2.24, 2.45) is 0 Å². The fraction of sp³-hybridized carbons (Fsp3) is 0.250. The molecule has 0 aliphatic heterocycles. The molecule has 3 heteroatoms. The Morgan fingerprint density at radius 2 is 2.71 bits per heavy atom. The van der Waals surface area contributed by atoms with Crippen LogP contribution in [-0.4, -0.2) is 10.1 Å². The first kappa shape index (κ1) is 4.30. The van der Waals surface area contributed by atoms with Gasteiger partial charge in [-0.05, 0) is 6.92 Å². The van der Waals surface area contributed by atoms with Gasteiger partial charge in [-0.2, -0.15) is 4.98 Å². The third kappa shape index (κ3) is 0.765. The van der Waals surface area contributed by atoms with Gasteiger partial charge in [0.1, 0.15) is 0 Å². The van der Waals surface area contributed by atoms with Crippen molar-refractivity contribution in [3.05, 3.63) is 19.1 Å². The average molecular weight is 97.1 g/mol. The van der Waals surface area contributed by atoms with E-state index in [4.69, 9.17) is 0 Å². The van der Waals surface area contributed by atoms with E-state index < -0.39 is 0 Å². The zero-order valence-electron chi connectivity index (χ0n) is 3.79. The fourth-order valence-corrected chi connectivity index (χ4v) is 0.303. The molecule has 1 heterocycles. The predicted octanol–water partition coefficient (Wildman–Crippen LogP) is 0.446. The Hall–Kier alpha value is -0.860. The average Bonchev–Trinajstić information content (AvgIpc) is 2.14. The molecular formula is C4H5N2O. The Morgan fingerprint density at radius 1 is 1.86 bits per heavy atom. The summed E-state index contributed by atoms with van der Waals surface area (Å²) in [6.45, 7) is 3.54. The van der Waals surface area contributed by atoms with Crippen LogP contribution in [0.2, 0.25) is 0 Å². The minimum Gasteiger partial charge on any atom is -0.343 e. The van der Waals surface area contributed by atoms with Crippen LogP contribution >= 0.6 is 0 Å². The van der Waals surface area contributed by atoms with Gasteiger partial charge in [0.15, 0.2) is 5.82 Å². The summed E-state index contributed by atoms with van der Waals surface area (Å²) in [6, 6.07) is 0. The van der Waals surface area contributed by atoms with Crippen molar-refractivity contribution in [3.8, 4) is 0 Å². The molecule has 0 aliphatic rings. The van der Waals surface area contributed by atoms with Crippen LogP contribution in [0.4, 0.5) is 0 Å². The first-order valence-electron chi connectivity index (χ1n) is 1.98. The van der Waals surface area contributed by atoms with Crippen LogP contribution in [0.5, 0.6) is 0 Å². The fourth-order valence-electron chi connectivity index (χ4n) is 0.303. The SMILES string of the molecule is [CH2]Cc1ncon1.